The van der Waals surface area contributed by atoms with E-state index in [-0.39, 0.29) is 0 Å². The topological polar surface area (TPSA) is 47.6 Å². The summed E-state index contributed by atoms with van der Waals surface area (Å²) in [5, 5.41) is 0.552. The van der Waals surface area contributed by atoms with Gasteiger partial charge < -0.3 is 9.15 Å². The minimum atomic E-state index is 0.552. The zero-order valence-corrected chi connectivity index (χ0v) is 15.7. The number of nitrogens with zero attached hydrogens (tertiary/aromatic N) is 2. The number of halogens is 1. The molecule has 0 aliphatic carbocycles. The SMILES string of the molecule is COc1ccc(C=Nc2ccc3oc(-c4cccc(C)c4)nc3c2)cc1Cl. The Kier molecular flexibility index (Phi) is 4.65. The van der Waals surface area contributed by atoms with Crippen molar-refractivity contribution in [2.75, 3.05) is 7.11 Å². The van der Waals surface area contributed by atoms with Gasteiger partial charge in [-0.15, -0.1) is 0 Å². The lowest BCUT2D eigenvalue weighted by molar-refractivity contribution is 0.415. The number of ether oxygens (including phenoxy) is 1. The monoisotopic (exact) mass is 376 g/mol. The third kappa shape index (κ3) is 3.71. The predicted molar refractivity (Wildman–Crippen MR) is 109 cm³/mol. The van der Waals surface area contributed by atoms with Crippen LogP contribution in [-0.2, 0) is 0 Å². The number of oxazole rings is 1. The molecule has 0 radical (unpaired) electrons. The first-order chi connectivity index (χ1) is 13.1. The fraction of sp³-hybridized carbons (Fsp3) is 0.0909. The molecule has 4 nitrogen and oxygen atoms in total. The lowest BCUT2D eigenvalue weighted by Crippen LogP contribution is -1.86. The maximum Gasteiger partial charge on any atom is 0.227 e. The molecule has 4 rings (SSSR count). The molecule has 27 heavy (non-hydrogen) atoms. The van der Waals surface area contributed by atoms with Gasteiger partial charge in [0.25, 0.3) is 0 Å². The lowest BCUT2D eigenvalue weighted by Gasteiger charge is -2.02. The van der Waals surface area contributed by atoms with Crippen molar-refractivity contribution in [3.63, 3.8) is 0 Å². The van der Waals surface area contributed by atoms with Gasteiger partial charge in [-0.05, 0) is 61.0 Å². The zero-order valence-electron chi connectivity index (χ0n) is 14.9. The zero-order chi connectivity index (χ0) is 18.8. The Morgan fingerprint density at radius 1 is 1.07 bits per heavy atom. The second-order valence-corrected chi connectivity index (χ2v) is 6.60. The van der Waals surface area contributed by atoms with E-state index >= 15 is 0 Å². The summed E-state index contributed by atoms with van der Waals surface area (Å²) >= 11 is 6.15. The van der Waals surface area contributed by atoms with E-state index in [1.54, 1.807) is 13.3 Å². The summed E-state index contributed by atoms with van der Waals surface area (Å²) in [6, 6.07) is 19.3. The standard InChI is InChI=1S/C22H17ClN2O2/c1-14-4-3-5-16(10-14)22-25-19-12-17(7-9-21(19)27-22)24-13-15-6-8-20(26-2)18(23)11-15/h3-13H,1-2H3. The van der Waals surface area contributed by atoms with Crippen LogP contribution in [-0.4, -0.2) is 18.3 Å². The van der Waals surface area contributed by atoms with Crippen LogP contribution in [0.2, 0.25) is 5.02 Å². The fourth-order valence-corrected chi connectivity index (χ4v) is 3.08. The molecular formula is C22H17ClN2O2. The predicted octanol–water partition coefficient (Wildman–Crippen LogP) is 6.22. The van der Waals surface area contributed by atoms with Gasteiger partial charge in [-0.1, -0.05) is 29.3 Å². The molecule has 1 aromatic heterocycles. The number of benzene rings is 3. The van der Waals surface area contributed by atoms with Crippen LogP contribution in [0.4, 0.5) is 5.69 Å². The molecule has 0 saturated carbocycles. The molecule has 0 aliphatic rings. The van der Waals surface area contributed by atoms with Gasteiger partial charge in [0.15, 0.2) is 5.58 Å². The van der Waals surface area contributed by atoms with Gasteiger partial charge >= 0.3 is 0 Å². The Bertz CT molecular complexity index is 1150. The van der Waals surface area contributed by atoms with E-state index in [2.05, 4.69) is 16.0 Å². The summed E-state index contributed by atoms with van der Waals surface area (Å²) in [7, 11) is 1.59. The van der Waals surface area contributed by atoms with E-state index in [9.17, 15) is 0 Å². The van der Waals surface area contributed by atoms with Gasteiger partial charge in [0, 0.05) is 11.8 Å². The maximum absolute atomic E-state index is 6.15. The summed E-state index contributed by atoms with van der Waals surface area (Å²) in [6.45, 7) is 2.05. The van der Waals surface area contributed by atoms with Gasteiger partial charge in [-0.3, -0.25) is 4.99 Å². The molecule has 0 spiro atoms. The van der Waals surface area contributed by atoms with E-state index in [0.29, 0.717) is 16.7 Å². The van der Waals surface area contributed by atoms with E-state index in [0.717, 1.165) is 33.5 Å². The summed E-state index contributed by atoms with van der Waals surface area (Å²) in [5.41, 5.74) is 5.31. The van der Waals surface area contributed by atoms with Gasteiger partial charge in [-0.25, -0.2) is 4.98 Å². The first-order valence-electron chi connectivity index (χ1n) is 8.47. The van der Waals surface area contributed by atoms with Crippen LogP contribution >= 0.6 is 11.6 Å². The number of aromatic nitrogens is 1. The van der Waals surface area contributed by atoms with Crippen LogP contribution in [0.5, 0.6) is 5.75 Å². The van der Waals surface area contributed by atoms with Crippen molar-refractivity contribution < 1.29 is 9.15 Å². The molecule has 1 heterocycles. The number of fused-ring (bicyclic) bond motifs is 1. The molecule has 5 heteroatoms. The molecule has 3 aromatic carbocycles. The fourth-order valence-electron chi connectivity index (χ4n) is 2.81. The Balaban J connectivity index is 1.62. The summed E-state index contributed by atoms with van der Waals surface area (Å²) in [4.78, 5) is 9.11. The van der Waals surface area contributed by atoms with Crippen LogP contribution in [0.15, 0.2) is 70.1 Å². The molecule has 0 N–H and O–H groups in total. The van der Waals surface area contributed by atoms with Crippen LogP contribution in [0.1, 0.15) is 11.1 Å². The third-order valence-electron chi connectivity index (χ3n) is 4.17. The molecule has 4 aromatic rings. The second-order valence-electron chi connectivity index (χ2n) is 6.19. The number of rotatable bonds is 4. The van der Waals surface area contributed by atoms with E-state index < -0.39 is 0 Å². The van der Waals surface area contributed by atoms with Crippen LogP contribution in [0, 0.1) is 6.92 Å². The Labute approximate surface area is 162 Å². The number of hydrogen-bond acceptors (Lipinski definition) is 4. The third-order valence-corrected chi connectivity index (χ3v) is 4.47. The minimum Gasteiger partial charge on any atom is -0.495 e. The van der Waals surface area contributed by atoms with Gasteiger partial charge in [0.2, 0.25) is 5.89 Å². The van der Waals surface area contributed by atoms with Gasteiger partial charge in [0.1, 0.15) is 11.3 Å². The van der Waals surface area contributed by atoms with Gasteiger partial charge in [0.05, 0.1) is 17.8 Å². The first-order valence-corrected chi connectivity index (χ1v) is 8.85. The quantitative estimate of drug-likeness (QED) is 0.397. The van der Waals surface area contributed by atoms with Crippen molar-refractivity contribution in [1.82, 2.24) is 4.98 Å². The van der Waals surface area contributed by atoms with Crippen molar-refractivity contribution in [2.45, 2.75) is 6.92 Å². The Morgan fingerprint density at radius 2 is 1.96 bits per heavy atom. The van der Waals surface area contributed by atoms with Crippen molar-refractivity contribution in [3.05, 3.63) is 76.8 Å². The number of aryl methyl sites for hydroxylation is 1. The Morgan fingerprint density at radius 3 is 2.74 bits per heavy atom. The summed E-state index contributed by atoms with van der Waals surface area (Å²) in [5.74, 6) is 1.25. The average molecular weight is 377 g/mol. The van der Waals surface area contributed by atoms with Crippen LogP contribution in [0.3, 0.4) is 0 Å². The van der Waals surface area contributed by atoms with Crippen molar-refractivity contribution in [2.24, 2.45) is 4.99 Å². The number of aliphatic imine (C=N–C) groups is 1. The Hall–Kier alpha value is -3.11. The van der Waals surface area contributed by atoms with Crippen LogP contribution in [0.25, 0.3) is 22.6 Å². The summed E-state index contributed by atoms with van der Waals surface area (Å²) < 4.78 is 11.0. The summed E-state index contributed by atoms with van der Waals surface area (Å²) in [6.07, 6.45) is 1.76. The molecule has 0 amide bonds. The van der Waals surface area contributed by atoms with Gasteiger partial charge in [-0.2, -0.15) is 0 Å². The van der Waals surface area contributed by atoms with Crippen molar-refractivity contribution in [3.8, 4) is 17.2 Å². The van der Waals surface area contributed by atoms with Crippen molar-refractivity contribution in [1.29, 1.82) is 0 Å². The minimum absolute atomic E-state index is 0.552. The molecule has 0 aliphatic heterocycles. The normalized spacial score (nSPS) is 11.4. The molecule has 0 unspecified atom stereocenters. The van der Waals surface area contributed by atoms with Crippen LogP contribution < -0.4 is 4.74 Å². The van der Waals surface area contributed by atoms with E-state index in [1.807, 2.05) is 61.5 Å². The highest BCUT2D eigenvalue weighted by atomic mass is 35.5. The van der Waals surface area contributed by atoms with E-state index in [4.69, 9.17) is 20.8 Å². The average Bonchev–Trinajstić information content (AvgIpc) is 3.10. The lowest BCUT2D eigenvalue weighted by atomic mass is 10.1. The molecule has 0 fully saturated rings. The number of methoxy groups -OCH3 is 1. The van der Waals surface area contributed by atoms with E-state index in [1.165, 1.54) is 0 Å². The molecule has 134 valence electrons. The largest absolute Gasteiger partial charge is 0.495 e. The molecule has 0 atom stereocenters. The highest BCUT2D eigenvalue weighted by molar-refractivity contribution is 6.32. The molecular weight excluding hydrogens is 360 g/mol. The second kappa shape index (κ2) is 7.25. The number of hydrogen-bond donors (Lipinski definition) is 0. The van der Waals surface area contributed by atoms with Crippen molar-refractivity contribution >= 4 is 34.6 Å². The smallest absolute Gasteiger partial charge is 0.227 e. The molecule has 0 bridgehead atoms. The molecule has 0 saturated heterocycles. The first kappa shape index (κ1) is 17.3. The highest BCUT2D eigenvalue weighted by Crippen LogP contribution is 2.28. The maximum atomic E-state index is 6.15. The highest BCUT2D eigenvalue weighted by Gasteiger charge is 2.09.